The Hall–Kier alpha value is -0.840. The van der Waals surface area contributed by atoms with Crippen LogP contribution in [0.3, 0.4) is 0 Å². The van der Waals surface area contributed by atoms with Crippen LogP contribution in [0.4, 0.5) is 0 Å². The highest BCUT2D eigenvalue weighted by Gasteiger charge is 2.22. The first-order chi connectivity index (χ1) is 9.10. The number of nitrogens with one attached hydrogen (secondary N) is 1. The molecule has 0 saturated carbocycles. The molecule has 1 heterocycles. The molecule has 1 aromatic heterocycles. The topological polar surface area (TPSA) is 29.9 Å². The van der Waals surface area contributed by atoms with Gasteiger partial charge in [0.2, 0.25) is 0 Å². The molecule has 1 atom stereocenters. The summed E-state index contributed by atoms with van der Waals surface area (Å²) in [6, 6.07) is 6.25. The van der Waals surface area contributed by atoms with Crippen molar-refractivity contribution in [2.75, 3.05) is 7.05 Å². The third-order valence-corrected chi connectivity index (χ3v) is 4.60. The molecule has 1 N–H and O–H groups in total. The minimum atomic E-state index is 0.0178. The number of halogens is 2. The highest BCUT2D eigenvalue weighted by Crippen LogP contribution is 2.33. The van der Waals surface area contributed by atoms with E-state index in [4.69, 9.17) is 11.6 Å². The van der Waals surface area contributed by atoms with Crippen LogP contribution >= 0.6 is 27.5 Å². The normalized spacial score (nSPS) is 12.7. The van der Waals surface area contributed by atoms with E-state index in [0.29, 0.717) is 5.02 Å². The Morgan fingerprint density at radius 2 is 2.21 bits per heavy atom. The van der Waals surface area contributed by atoms with Crippen molar-refractivity contribution in [2.24, 2.45) is 0 Å². The standard InChI is InChI=1S/C14H17BrClN3/c1-4-19-14(11(16)8-18-19)13(17-3)10-7-5-6-9(2)12(10)15/h5-8,13,17H,4H2,1-3H3. The molecule has 1 aromatic carbocycles. The van der Waals surface area contributed by atoms with Gasteiger partial charge < -0.3 is 5.32 Å². The van der Waals surface area contributed by atoms with Gasteiger partial charge in [-0.3, -0.25) is 4.68 Å². The summed E-state index contributed by atoms with van der Waals surface area (Å²) in [5.41, 5.74) is 3.37. The molecule has 19 heavy (non-hydrogen) atoms. The molecule has 2 rings (SSSR count). The minimum Gasteiger partial charge on any atom is -0.308 e. The quantitative estimate of drug-likeness (QED) is 0.912. The second kappa shape index (κ2) is 6.07. The number of hydrogen-bond acceptors (Lipinski definition) is 2. The lowest BCUT2D eigenvalue weighted by Gasteiger charge is -2.20. The lowest BCUT2D eigenvalue weighted by Crippen LogP contribution is -2.22. The number of nitrogens with zero attached hydrogens (tertiary/aromatic N) is 2. The highest BCUT2D eigenvalue weighted by molar-refractivity contribution is 9.10. The van der Waals surface area contributed by atoms with E-state index in [2.05, 4.69) is 58.4 Å². The Kier molecular flexibility index (Phi) is 4.66. The van der Waals surface area contributed by atoms with Gasteiger partial charge in [-0.2, -0.15) is 5.10 Å². The van der Waals surface area contributed by atoms with E-state index >= 15 is 0 Å². The minimum absolute atomic E-state index is 0.0178. The monoisotopic (exact) mass is 341 g/mol. The Morgan fingerprint density at radius 1 is 1.47 bits per heavy atom. The molecule has 0 bridgehead atoms. The Labute approximate surface area is 127 Å². The molecule has 0 aliphatic carbocycles. The molecule has 0 radical (unpaired) electrons. The number of hydrogen-bond donors (Lipinski definition) is 1. The number of rotatable bonds is 4. The van der Waals surface area contributed by atoms with Crippen molar-refractivity contribution in [2.45, 2.75) is 26.4 Å². The van der Waals surface area contributed by atoms with E-state index in [1.807, 2.05) is 11.7 Å². The molecule has 0 aliphatic heterocycles. The SMILES string of the molecule is CCn1ncc(Cl)c1C(NC)c1cccc(C)c1Br. The zero-order valence-corrected chi connectivity index (χ0v) is 13.6. The van der Waals surface area contributed by atoms with Gasteiger partial charge in [0.15, 0.2) is 0 Å². The summed E-state index contributed by atoms with van der Waals surface area (Å²) in [5, 5.41) is 8.33. The molecule has 0 aliphatic rings. The molecule has 0 spiro atoms. The molecule has 5 heteroatoms. The van der Waals surface area contributed by atoms with Crippen molar-refractivity contribution in [3.05, 3.63) is 50.7 Å². The number of benzene rings is 1. The maximum absolute atomic E-state index is 6.30. The summed E-state index contributed by atoms with van der Waals surface area (Å²) in [6.07, 6.45) is 1.70. The van der Waals surface area contributed by atoms with E-state index < -0.39 is 0 Å². The zero-order chi connectivity index (χ0) is 14.0. The van der Waals surface area contributed by atoms with Crippen LogP contribution in [-0.4, -0.2) is 16.8 Å². The second-order valence-corrected chi connectivity index (χ2v) is 5.59. The Bertz CT molecular complexity index is 580. The summed E-state index contributed by atoms with van der Waals surface area (Å²) >= 11 is 9.97. The molecular weight excluding hydrogens is 326 g/mol. The van der Waals surface area contributed by atoms with E-state index in [1.165, 1.54) is 11.1 Å². The largest absolute Gasteiger partial charge is 0.308 e. The van der Waals surface area contributed by atoms with Crippen molar-refractivity contribution in [1.82, 2.24) is 15.1 Å². The molecule has 102 valence electrons. The fraction of sp³-hybridized carbons (Fsp3) is 0.357. The van der Waals surface area contributed by atoms with Crippen molar-refractivity contribution in [1.29, 1.82) is 0 Å². The van der Waals surface area contributed by atoms with Gasteiger partial charge in [-0.1, -0.05) is 45.7 Å². The van der Waals surface area contributed by atoms with Crippen LogP contribution < -0.4 is 5.32 Å². The maximum Gasteiger partial charge on any atom is 0.0837 e. The van der Waals surface area contributed by atoms with Crippen LogP contribution in [0.2, 0.25) is 5.02 Å². The van der Waals surface area contributed by atoms with Gasteiger partial charge in [0.05, 0.1) is 23.0 Å². The van der Waals surface area contributed by atoms with Crippen LogP contribution in [0.25, 0.3) is 0 Å². The van der Waals surface area contributed by atoms with E-state index in [1.54, 1.807) is 6.20 Å². The summed E-state index contributed by atoms with van der Waals surface area (Å²) < 4.78 is 3.03. The molecular formula is C14H17BrClN3. The van der Waals surface area contributed by atoms with Gasteiger partial charge in [0, 0.05) is 11.0 Å². The first kappa shape index (κ1) is 14.6. The van der Waals surface area contributed by atoms with Gasteiger partial charge in [0.1, 0.15) is 0 Å². The van der Waals surface area contributed by atoms with Crippen molar-refractivity contribution >= 4 is 27.5 Å². The molecule has 2 aromatic rings. The fourth-order valence-electron chi connectivity index (χ4n) is 2.24. The first-order valence-corrected chi connectivity index (χ1v) is 7.40. The van der Waals surface area contributed by atoms with Crippen LogP contribution in [0.15, 0.2) is 28.9 Å². The van der Waals surface area contributed by atoms with Gasteiger partial charge in [-0.15, -0.1) is 0 Å². The lowest BCUT2D eigenvalue weighted by atomic mass is 10.0. The first-order valence-electron chi connectivity index (χ1n) is 6.23. The van der Waals surface area contributed by atoms with Crippen LogP contribution in [0.1, 0.15) is 29.8 Å². The Balaban J connectivity index is 2.56. The summed E-state index contributed by atoms with van der Waals surface area (Å²) in [6.45, 7) is 4.94. The van der Waals surface area contributed by atoms with E-state index in [9.17, 15) is 0 Å². The molecule has 0 saturated heterocycles. The Morgan fingerprint density at radius 3 is 2.84 bits per heavy atom. The zero-order valence-electron chi connectivity index (χ0n) is 11.2. The third-order valence-electron chi connectivity index (χ3n) is 3.23. The molecule has 1 unspecified atom stereocenters. The van der Waals surface area contributed by atoms with Gasteiger partial charge >= 0.3 is 0 Å². The average Bonchev–Trinajstić information content (AvgIpc) is 2.77. The van der Waals surface area contributed by atoms with Crippen molar-refractivity contribution in [3.63, 3.8) is 0 Å². The third kappa shape index (κ3) is 2.71. The lowest BCUT2D eigenvalue weighted by molar-refractivity contribution is 0.562. The van der Waals surface area contributed by atoms with Gasteiger partial charge in [-0.25, -0.2) is 0 Å². The van der Waals surface area contributed by atoms with Crippen molar-refractivity contribution < 1.29 is 0 Å². The highest BCUT2D eigenvalue weighted by atomic mass is 79.9. The maximum atomic E-state index is 6.30. The van der Waals surface area contributed by atoms with E-state index in [-0.39, 0.29) is 6.04 Å². The van der Waals surface area contributed by atoms with Gasteiger partial charge in [0.25, 0.3) is 0 Å². The molecule has 0 fully saturated rings. The van der Waals surface area contributed by atoms with Crippen molar-refractivity contribution in [3.8, 4) is 0 Å². The predicted molar refractivity (Wildman–Crippen MR) is 82.7 cm³/mol. The van der Waals surface area contributed by atoms with Gasteiger partial charge in [-0.05, 0) is 32.0 Å². The number of aryl methyl sites for hydroxylation is 2. The number of aromatic nitrogens is 2. The average molecular weight is 343 g/mol. The smallest absolute Gasteiger partial charge is 0.0837 e. The molecule has 0 amide bonds. The van der Waals surface area contributed by atoms with E-state index in [0.717, 1.165) is 16.7 Å². The predicted octanol–water partition coefficient (Wildman–Crippen LogP) is 3.94. The fourth-order valence-corrected chi connectivity index (χ4v) is 2.99. The second-order valence-electron chi connectivity index (χ2n) is 4.39. The summed E-state index contributed by atoms with van der Waals surface area (Å²) in [4.78, 5) is 0. The van der Waals surface area contributed by atoms with Crippen LogP contribution in [-0.2, 0) is 6.54 Å². The van der Waals surface area contributed by atoms with Crippen LogP contribution in [0, 0.1) is 6.92 Å². The summed E-state index contributed by atoms with van der Waals surface area (Å²) in [7, 11) is 1.93. The van der Waals surface area contributed by atoms with Crippen LogP contribution in [0.5, 0.6) is 0 Å². The summed E-state index contributed by atoms with van der Waals surface area (Å²) in [5.74, 6) is 0. The molecule has 3 nitrogen and oxygen atoms in total.